The van der Waals surface area contributed by atoms with Crippen LogP contribution in [0.5, 0.6) is 17.4 Å². The van der Waals surface area contributed by atoms with Crippen LogP contribution in [0.1, 0.15) is 5.69 Å². The van der Waals surface area contributed by atoms with Gasteiger partial charge in [0.25, 0.3) is 0 Å². The summed E-state index contributed by atoms with van der Waals surface area (Å²) in [6.45, 7) is 1.83. The molecule has 140 valence electrons. The Balaban J connectivity index is 1.71. The summed E-state index contributed by atoms with van der Waals surface area (Å²) >= 11 is 11.8. The molecule has 0 saturated carbocycles. The van der Waals surface area contributed by atoms with E-state index >= 15 is 0 Å². The van der Waals surface area contributed by atoms with Gasteiger partial charge in [0, 0.05) is 5.69 Å². The monoisotopic (exact) mass is 408 g/mol. The van der Waals surface area contributed by atoms with Crippen LogP contribution in [0.15, 0.2) is 78.9 Å². The molecule has 0 radical (unpaired) electrons. The van der Waals surface area contributed by atoms with Crippen molar-refractivity contribution in [2.24, 2.45) is 0 Å². The summed E-state index contributed by atoms with van der Waals surface area (Å²) in [4.78, 5) is 0. The van der Waals surface area contributed by atoms with E-state index in [0.29, 0.717) is 27.0 Å². The van der Waals surface area contributed by atoms with Crippen molar-refractivity contribution in [3.05, 3.63) is 94.4 Å². The molecule has 0 spiro atoms. The molecule has 1 N–H and O–H groups in total. The summed E-state index contributed by atoms with van der Waals surface area (Å²) in [7, 11) is 0. The first-order chi connectivity index (χ1) is 13.6. The van der Waals surface area contributed by atoms with Gasteiger partial charge in [0.1, 0.15) is 11.5 Å². The summed E-state index contributed by atoms with van der Waals surface area (Å²) in [6, 6.07) is 24.3. The molecule has 4 aromatic rings. The number of para-hydroxylation sites is 2. The van der Waals surface area contributed by atoms with E-state index in [9.17, 15) is 5.11 Å². The van der Waals surface area contributed by atoms with E-state index in [2.05, 4.69) is 0 Å². The maximum Gasteiger partial charge on any atom is 0.218 e. The topological polar surface area (TPSA) is 39.3 Å². The van der Waals surface area contributed by atoms with Crippen molar-refractivity contribution < 1.29 is 9.84 Å². The summed E-state index contributed by atoms with van der Waals surface area (Å²) in [5, 5.41) is 11.2. The van der Waals surface area contributed by atoms with Gasteiger partial charge in [-0.1, -0.05) is 41.9 Å². The molecule has 6 heteroatoms. The van der Waals surface area contributed by atoms with Crippen LogP contribution in [0.2, 0.25) is 5.02 Å². The molecule has 3 aromatic carbocycles. The predicted molar refractivity (Wildman–Crippen MR) is 114 cm³/mol. The molecular weight excluding hydrogens is 392 g/mol. The largest absolute Gasteiger partial charge is 0.493 e. The third-order valence-electron chi connectivity index (χ3n) is 4.43. The first-order valence-electron chi connectivity index (χ1n) is 8.68. The normalized spacial score (nSPS) is 10.8. The molecule has 0 fully saturated rings. The average molecular weight is 409 g/mol. The molecule has 1 heterocycles. The number of hydrogen-bond donors (Lipinski definition) is 1. The Morgan fingerprint density at radius 3 is 2.11 bits per heavy atom. The van der Waals surface area contributed by atoms with E-state index in [1.54, 1.807) is 10.6 Å². The summed E-state index contributed by atoms with van der Waals surface area (Å²) in [6.07, 6.45) is 0. The number of hydrogen-bond acceptors (Lipinski definition) is 3. The van der Waals surface area contributed by atoms with Crippen LogP contribution in [-0.2, 0) is 0 Å². The average Bonchev–Trinajstić information content (AvgIpc) is 2.94. The Morgan fingerprint density at radius 1 is 0.821 bits per heavy atom. The summed E-state index contributed by atoms with van der Waals surface area (Å²) in [5.74, 6) is 1.37. The van der Waals surface area contributed by atoms with Crippen LogP contribution < -0.4 is 4.74 Å². The van der Waals surface area contributed by atoms with Crippen LogP contribution in [0.25, 0.3) is 11.4 Å². The standard InChI is InChI=1S/C22H17ClN2O2S/c1-15-21(26)25(16-7-3-2-4-8-16)22(28)24(15)17-11-13-18(14-12-17)27-20-10-6-5-9-19(20)23/h2-14,26H,1H3. The van der Waals surface area contributed by atoms with Crippen molar-refractivity contribution in [1.29, 1.82) is 0 Å². The highest BCUT2D eigenvalue weighted by molar-refractivity contribution is 7.71. The van der Waals surface area contributed by atoms with E-state index in [0.717, 1.165) is 11.4 Å². The second-order valence-electron chi connectivity index (χ2n) is 6.22. The van der Waals surface area contributed by atoms with Crippen molar-refractivity contribution in [1.82, 2.24) is 9.13 Å². The number of imidazole rings is 1. The zero-order valence-corrected chi connectivity index (χ0v) is 16.6. The van der Waals surface area contributed by atoms with Crippen molar-refractivity contribution in [2.45, 2.75) is 6.92 Å². The molecule has 4 rings (SSSR count). The van der Waals surface area contributed by atoms with E-state index < -0.39 is 0 Å². The molecule has 0 saturated heterocycles. The molecule has 1 aromatic heterocycles. The first kappa shape index (κ1) is 18.3. The Kier molecular flexibility index (Phi) is 4.94. The summed E-state index contributed by atoms with van der Waals surface area (Å²) in [5.41, 5.74) is 2.30. The zero-order chi connectivity index (χ0) is 19.7. The number of rotatable bonds is 4. The van der Waals surface area contributed by atoms with Crippen molar-refractivity contribution >= 4 is 23.8 Å². The van der Waals surface area contributed by atoms with Gasteiger partial charge >= 0.3 is 0 Å². The Labute approximate surface area is 172 Å². The zero-order valence-electron chi connectivity index (χ0n) is 15.0. The molecule has 28 heavy (non-hydrogen) atoms. The number of halogens is 1. The van der Waals surface area contributed by atoms with Gasteiger partial charge in [-0.3, -0.25) is 9.13 Å². The number of nitrogens with zero attached hydrogens (tertiary/aromatic N) is 2. The van der Waals surface area contributed by atoms with Crippen molar-refractivity contribution in [2.75, 3.05) is 0 Å². The number of aromatic hydroxyl groups is 1. The predicted octanol–water partition coefficient (Wildman–Crippen LogP) is 6.46. The second kappa shape index (κ2) is 7.54. The van der Waals surface area contributed by atoms with Gasteiger partial charge in [-0.05, 0) is 67.7 Å². The Hall–Kier alpha value is -3.02. The van der Waals surface area contributed by atoms with Crippen LogP contribution in [0.4, 0.5) is 0 Å². The number of benzene rings is 3. The fourth-order valence-electron chi connectivity index (χ4n) is 3.03. The van der Waals surface area contributed by atoms with Gasteiger partial charge in [0.05, 0.1) is 16.4 Å². The minimum atomic E-state index is 0.118. The maximum absolute atomic E-state index is 10.6. The molecular formula is C22H17ClN2O2S. The van der Waals surface area contributed by atoms with Gasteiger partial charge < -0.3 is 9.84 Å². The molecule has 0 atom stereocenters. The molecule has 0 unspecified atom stereocenters. The van der Waals surface area contributed by atoms with Crippen LogP contribution in [0, 0.1) is 11.7 Å². The minimum absolute atomic E-state index is 0.118. The Bertz CT molecular complexity index is 1180. The van der Waals surface area contributed by atoms with Crippen LogP contribution >= 0.6 is 23.8 Å². The van der Waals surface area contributed by atoms with E-state index in [4.69, 9.17) is 28.6 Å². The lowest BCUT2D eigenvalue weighted by atomic mass is 10.3. The quantitative estimate of drug-likeness (QED) is 0.394. The SMILES string of the molecule is Cc1c(O)n(-c2ccccc2)c(=S)n1-c1ccc(Oc2ccccc2Cl)cc1. The summed E-state index contributed by atoms with van der Waals surface area (Å²) < 4.78 is 9.81. The van der Waals surface area contributed by atoms with Crippen LogP contribution in [-0.4, -0.2) is 14.2 Å². The number of aromatic nitrogens is 2. The van der Waals surface area contributed by atoms with E-state index in [-0.39, 0.29) is 5.88 Å². The fourth-order valence-corrected chi connectivity index (χ4v) is 3.64. The smallest absolute Gasteiger partial charge is 0.218 e. The second-order valence-corrected chi connectivity index (χ2v) is 7.00. The molecule has 0 aliphatic heterocycles. The Morgan fingerprint density at radius 2 is 1.43 bits per heavy atom. The molecule has 0 amide bonds. The first-order valence-corrected chi connectivity index (χ1v) is 9.46. The van der Waals surface area contributed by atoms with Gasteiger partial charge in [0.2, 0.25) is 5.88 Å². The fraction of sp³-hybridized carbons (Fsp3) is 0.0455. The van der Waals surface area contributed by atoms with Gasteiger partial charge in [-0.15, -0.1) is 0 Å². The number of ether oxygens (including phenoxy) is 1. The van der Waals surface area contributed by atoms with Gasteiger partial charge in [-0.2, -0.15) is 0 Å². The highest BCUT2D eigenvalue weighted by Gasteiger charge is 2.16. The van der Waals surface area contributed by atoms with Crippen LogP contribution in [0.3, 0.4) is 0 Å². The van der Waals surface area contributed by atoms with Crippen molar-refractivity contribution in [3.63, 3.8) is 0 Å². The van der Waals surface area contributed by atoms with Crippen molar-refractivity contribution in [3.8, 4) is 28.8 Å². The van der Waals surface area contributed by atoms with Gasteiger partial charge in [-0.25, -0.2) is 0 Å². The molecule has 0 bridgehead atoms. The lowest BCUT2D eigenvalue weighted by Crippen LogP contribution is -1.99. The highest BCUT2D eigenvalue weighted by atomic mass is 35.5. The highest BCUT2D eigenvalue weighted by Crippen LogP contribution is 2.31. The third-order valence-corrected chi connectivity index (χ3v) is 5.10. The maximum atomic E-state index is 10.6. The lowest BCUT2D eigenvalue weighted by Gasteiger charge is -2.09. The lowest BCUT2D eigenvalue weighted by molar-refractivity contribution is 0.437. The molecule has 0 aliphatic rings. The van der Waals surface area contributed by atoms with Gasteiger partial charge in [0.15, 0.2) is 4.77 Å². The minimum Gasteiger partial charge on any atom is -0.493 e. The third kappa shape index (κ3) is 3.30. The molecule has 4 nitrogen and oxygen atoms in total. The van der Waals surface area contributed by atoms with E-state index in [1.165, 1.54) is 0 Å². The van der Waals surface area contributed by atoms with E-state index in [1.807, 2.05) is 84.3 Å². The molecule has 0 aliphatic carbocycles.